The van der Waals surface area contributed by atoms with Gasteiger partial charge >= 0.3 is 0 Å². The van der Waals surface area contributed by atoms with E-state index in [1.165, 1.54) is 25.7 Å². The lowest BCUT2D eigenvalue weighted by Crippen LogP contribution is -2.44. The maximum atomic E-state index is 5.87. The molecule has 1 atom stereocenters. The second-order valence-corrected chi connectivity index (χ2v) is 5.12. The van der Waals surface area contributed by atoms with Crippen LogP contribution in [-0.2, 0) is 0 Å². The summed E-state index contributed by atoms with van der Waals surface area (Å²) in [6.07, 6.45) is 7.65. The third kappa shape index (κ3) is 3.80. The molecule has 0 spiro atoms. The Labute approximate surface area is 115 Å². The smallest absolute Gasteiger partial charge is 0.134 e. The standard InChI is InChI=1S/C14H25N5/c1-2-3-7-16-13-9-14(18-11-17-13)19-8-5-4-6-12(19)10-15/h9,11-12H,2-8,10,15H2,1H3,(H,16,17,18). The van der Waals surface area contributed by atoms with Gasteiger partial charge in [0.2, 0.25) is 0 Å². The van der Waals surface area contributed by atoms with Crippen molar-refractivity contribution in [2.75, 3.05) is 29.9 Å². The Balaban J connectivity index is 2.04. The van der Waals surface area contributed by atoms with Gasteiger partial charge in [0.1, 0.15) is 18.0 Å². The number of nitrogens with one attached hydrogen (secondary N) is 1. The lowest BCUT2D eigenvalue weighted by molar-refractivity contribution is 0.462. The summed E-state index contributed by atoms with van der Waals surface area (Å²) in [5, 5.41) is 3.35. The molecular formula is C14H25N5. The molecular weight excluding hydrogens is 238 g/mol. The Bertz CT molecular complexity index is 382. The zero-order valence-electron chi connectivity index (χ0n) is 11.8. The van der Waals surface area contributed by atoms with Crippen molar-refractivity contribution >= 4 is 11.6 Å². The molecule has 5 nitrogen and oxygen atoms in total. The van der Waals surface area contributed by atoms with E-state index in [0.29, 0.717) is 12.6 Å². The Hall–Kier alpha value is -1.36. The van der Waals surface area contributed by atoms with Gasteiger partial charge in [-0.3, -0.25) is 0 Å². The number of piperidine rings is 1. The largest absolute Gasteiger partial charge is 0.370 e. The van der Waals surface area contributed by atoms with Crippen LogP contribution in [-0.4, -0.2) is 35.6 Å². The molecule has 0 aromatic carbocycles. The molecule has 1 fully saturated rings. The van der Waals surface area contributed by atoms with E-state index in [9.17, 15) is 0 Å². The highest BCUT2D eigenvalue weighted by atomic mass is 15.2. The van der Waals surface area contributed by atoms with Crippen molar-refractivity contribution in [1.82, 2.24) is 9.97 Å². The maximum Gasteiger partial charge on any atom is 0.134 e. The zero-order chi connectivity index (χ0) is 13.5. The first-order valence-corrected chi connectivity index (χ1v) is 7.37. The summed E-state index contributed by atoms with van der Waals surface area (Å²) in [6, 6.07) is 2.47. The maximum absolute atomic E-state index is 5.87. The van der Waals surface area contributed by atoms with Crippen LogP contribution >= 0.6 is 0 Å². The molecule has 0 aliphatic carbocycles. The van der Waals surface area contributed by atoms with Gasteiger partial charge in [-0.05, 0) is 25.7 Å². The first kappa shape index (κ1) is 14.1. The second kappa shape index (κ2) is 7.28. The van der Waals surface area contributed by atoms with Gasteiger partial charge in [0.05, 0.1) is 0 Å². The fourth-order valence-corrected chi connectivity index (χ4v) is 2.54. The van der Waals surface area contributed by atoms with Crippen LogP contribution in [0.15, 0.2) is 12.4 Å². The third-order valence-corrected chi connectivity index (χ3v) is 3.68. The van der Waals surface area contributed by atoms with Gasteiger partial charge in [-0.25, -0.2) is 9.97 Å². The quantitative estimate of drug-likeness (QED) is 0.768. The van der Waals surface area contributed by atoms with Crippen molar-refractivity contribution in [3.63, 3.8) is 0 Å². The van der Waals surface area contributed by atoms with Crippen LogP contribution in [0.1, 0.15) is 39.0 Å². The molecule has 1 saturated heterocycles. The summed E-state index contributed by atoms with van der Waals surface area (Å²) >= 11 is 0. The lowest BCUT2D eigenvalue weighted by atomic mass is 10.0. The van der Waals surface area contributed by atoms with Gasteiger partial charge < -0.3 is 16.0 Å². The Morgan fingerprint density at radius 3 is 3.11 bits per heavy atom. The van der Waals surface area contributed by atoms with E-state index in [2.05, 4.69) is 27.1 Å². The van der Waals surface area contributed by atoms with E-state index in [1.54, 1.807) is 6.33 Å². The molecule has 19 heavy (non-hydrogen) atoms. The molecule has 0 bridgehead atoms. The minimum atomic E-state index is 0.423. The summed E-state index contributed by atoms with van der Waals surface area (Å²) in [5.74, 6) is 1.92. The predicted molar refractivity (Wildman–Crippen MR) is 79.5 cm³/mol. The molecule has 1 aromatic rings. The average Bonchev–Trinajstić information content (AvgIpc) is 2.48. The van der Waals surface area contributed by atoms with Crippen molar-refractivity contribution < 1.29 is 0 Å². The van der Waals surface area contributed by atoms with Crippen LogP contribution in [0.5, 0.6) is 0 Å². The SMILES string of the molecule is CCCCNc1cc(N2CCCCC2CN)ncn1. The highest BCUT2D eigenvalue weighted by Crippen LogP contribution is 2.23. The Morgan fingerprint density at radius 1 is 1.42 bits per heavy atom. The normalized spacial score (nSPS) is 19.5. The van der Waals surface area contributed by atoms with Crippen LogP contribution < -0.4 is 16.0 Å². The molecule has 2 rings (SSSR count). The number of anilines is 2. The second-order valence-electron chi connectivity index (χ2n) is 5.12. The highest BCUT2D eigenvalue weighted by molar-refractivity contribution is 5.49. The lowest BCUT2D eigenvalue weighted by Gasteiger charge is -2.36. The molecule has 1 aliphatic rings. The summed E-state index contributed by atoms with van der Waals surface area (Å²) < 4.78 is 0. The molecule has 0 saturated carbocycles. The fourth-order valence-electron chi connectivity index (χ4n) is 2.54. The van der Waals surface area contributed by atoms with Gasteiger partial charge in [0.15, 0.2) is 0 Å². The third-order valence-electron chi connectivity index (χ3n) is 3.68. The van der Waals surface area contributed by atoms with Crippen molar-refractivity contribution in [2.24, 2.45) is 5.73 Å². The van der Waals surface area contributed by atoms with Crippen LogP contribution in [0.3, 0.4) is 0 Å². The summed E-state index contributed by atoms with van der Waals surface area (Å²) in [6.45, 7) is 4.90. The molecule has 1 unspecified atom stereocenters. The number of unbranched alkanes of at least 4 members (excludes halogenated alkanes) is 1. The van der Waals surface area contributed by atoms with E-state index >= 15 is 0 Å². The van der Waals surface area contributed by atoms with Crippen molar-refractivity contribution in [2.45, 2.75) is 45.1 Å². The van der Waals surface area contributed by atoms with Crippen LogP contribution in [0, 0.1) is 0 Å². The highest BCUT2D eigenvalue weighted by Gasteiger charge is 2.22. The minimum absolute atomic E-state index is 0.423. The van der Waals surface area contributed by atoms with Gasteiger partial charge in [-0.2, -0.15) is 0 Å². The van der Waals surface area contributed by atoms with Gasteiger partial charge in [-0.1, -0.05) is 13.3 Å². The minimum Gasteiger partial charge on any atom is -0.370 e. The number of hydrogen-bond acceptors (Lipinski definition) is 5. The molecule has 0 amide bonds. The molecule has 1 aromatic heterocycles. The van der Waals surface area contributed by atoms with Crippen LogP contribution in [0.25, 0.3) is 0 Å². The Morgan fingerprint density at radius 2 is 2.32 bits per heavy atom. The first-order chi connectivity index (χ1) is 9.35. The van der Waals surface area contributed by atoms with Gasteiger partial charge in [0.25, 0.3) is 0 Å². The van der Waals surface area contributed by atoms with Crippen LogP contribution in [0.2, 0.25) is 0 Å². The van der Waals surface area contributed by atoms with E-state index in [1.807, 2.05) is 6.07 Å². The number of nitrogens with zero attached hydrogens (tertiary/aromatic N) is 3. The average molecular weight is 263 g/mol. The van der Waals surface area contributed by atoms with E-state index in [-0.39, 0.29) is 0 Å². The summed E-state index contributed by atoms with van der Waals surface area (Å²) in [4.78, 5) is 11.0. The summed E-state index contributed by atoms with van der Waals surface area (Å²) in [5.41, 5.74) is 5.87. The van der Waals surface area contributed by atoms with Crippen molar-refractivity contribution in [3.8, 4) is 0 Å². The van der Waals surface area contributed by atoms with E-state index < -0.39 is 0 Å². The van der Waals surface area contributed by atoms with E-state index in [4.69, 9.17) is 5.73 Å². The number of rotatable bonds is 6. The number of nitrogens with two attached hydrogens (primary N) is 1. The Kier molecular flexibility index (Phi) is 5.39. The predicted octanol–water partition coefficient (Wildman–Crippen LogP) is 2.01. The van der Waals surface area contributed by atoms with Gasteiger partial charge in [-0.15, -0.1) is 0 Å². The number of aromatic nitrogens is 2. The molecule has 106 valence electrons. The van der Waals surface area contributed by atoms with Crippen molar-refractivity contribution in [1.29, 1.82) is 0 Å². The monoisotopic (exact) mass is 263 g/mol. The van der Waals surface area contributed by atoms with Crippen LogP contribution in [0.4, 0.5) is 11.6 Å². The van der Waals surface area contributed by atoms with Crippen molar-refractivity contribution in [3.05, 3.63) is 12.4 Å². The van der Waals surface area contributed by atoms with Gasteiger partial charge in [0, 0.05) is 31.7 Å². The van der Waals surface area contributed by atoms with E-state index in [0.717, 1.165) is 31.1 Å². The number of hydrogen-bond donors (Lipinski definition) is 2. The molecule has 5 heteroatoms. The fraction of sp³-hybridized carbons (Fsp3) is 0.714. The zero-order valence-corrected chi connectivity index (χ0v) is 11.8. The molecule has 0 radical (unpaired) electrons. The molecule has 1 aliphatic heterocycles. The molecule has 2 heterocycles. The topological polar surface area (TPSA) is 67.1 Å². The molecule has 3 N–H and O–H groups in total. The first-order valence-electron chi connectivity index (χ1n) is 7.37. The summed E-state index contributed by atoms with van der Waals surface area (Å²) in [7, 11) is 0.